The van der Waals surface area contributed by atoms with Crippen LogP contribution in [0.1, 0.15) is 61.1 Å². The van der Waals surface area contributed by atoms with Crippen LogP contribution in [0.4, 0.5) is 34.3 Å². The monoisotopic (exact) mass is 667 g/mol. The molecule has 52 heavy (non-hydrogen) atoms. The summed E-state index contributed by atoms with van der Waals surface area (Å²) in [6, 6.07) is 48.7. The first-order valence-electron chi connectivity index (χ1n) is 18.6. The second-order valence-electron chi connectivity index (χ2n) is 16.6. The lowest BCUT2D eigenvalue weighted by molar-refractivity contribution is -0.931. The topological polar surface area (TPSA) is 19.2 Å². The SMILES string of the molecule is CC1(C)c2ccccc2N2c3ccc4c5ccccc5n5c4c3C34c6c2c1cc1c6N(c2ccccc2C1(C)C)c1cccc([n+]13)-c1cccc-5[n+]14. The zero-order chi connectivity index (χ0) is 34.2. The summed E-state index contributed by atoms with van der Waals surface area (Å²) in [5.41, 5.74) is 18.7. The molecule has 5 aromatic carbocycles. The molecular formula is C47H33N5+2. The van der Waals surface area contributed by atoms with Crippen LogP contribution in [-0.4, -0.2) is 4.57 Å². The van der Waals surface area contributed by atoms with Gasteiger partial charge in [0.15, 0.2) is 22.6 Å². The van der Waals surface area contributed by atoms with E-state index in [2.05, 4.69) is 179 Å². The molecule has 1 atom stereocenters. The Kier molecular flexibility index (Phi) is 4.00. The molecule has 1 unspecified atom stereocenters. The highest BCUT2D eigenvalue weighted by atomic mass is 15.5. The van der Waals surface area contributed by atoms with Gasteiger partial charge in [0.05, 0.1) is 17.1 Å². The quantitative estimate of drug-likeness (QED) is 0.150. The summed E-state index contributed by atoms with van der Waals surface area (Å²) in [4.78, 5) is 5.27. The zero-order valence-corrected chi connectivity index (χ0v) is 29.4. The van der Waals surface area contributed by atoms with Gasteiger partial charge < -0.3 is 4.90 Å². The van der Waals surface area contributed by atoms with Gasteiger partial charge in [-0.25, -0.2) is 0 Å². The van der Waals surface area contributed by atoms with E-state index in [4.69, 9.17) is 0 Å². The molecule has 0 N–H and O–H groups in total. The second-order valence-corrected chi connectivity index (χ2v) is 16.6. The van der Waals surface area contributed by atoms with Crippen molar-refractivity contribution in [1.29, 1.82) is 0 Å². The van der Waals surface area contributed by atoms with Crippen LogP contribution < -0.4 is 18.9 Å². The van der Waals surface area contributed by atoms with Gasteiger partial charge in [-0.3, -0.25) is 0 Å². The summed E-state index contributed by atoms with van der Waals surface area (Å²) >= 11 is 0. The Morgan fingerprint density at radius 3 is 1.79 bits per heavy atom. The molecule has 9 heterocycles. The molecule has 0 aliphatic carbocycles. The number of fused-ring (bicyclic) bond motifs is 11. The van der Waals surface area contributed by atoms with Gasteiger partial charge in [-0.15, -0.1) is 0 Å². The smallest absolute Gasteiger partial charge is 0.308 e. The number of benzene rings is 5. The number of pyridine rings is 2. The molecule has 0 amide bonds. The first-order valence-corrected chi connectivity index (χ1v) is 18.6. The fourth-order valence-corrected chi connectivity index (χ4v) is 11.7. The Bertz CT molecular complexity index is 3080. The summed E-state index contributed by atoms with van der Waals surface area (Å²) in [7, 11) is 0. The van der Waals surface area contributed by atoms with E-state index < -0.39 is 5.66 Å². The number of rotatable bonds is 0. The molecule has 244 valence electrons. The second kappa shape index (κ2) is 7.83. The molecule has 8 aromatic rings. The summed E-state index contributed by atoms with van der Waals surface area (Å²) < 4.78 is 8.00. The molecule has 6 aliphatic heterocycles. The molecule has 5 nitrogen and oxygen atoms in total. The zero-order valence-electron chi connectivity index (χ0n) is 29.4. The van der Waals surface area contributed by atoms with Gasteiger partial charge in [0, 0.05) is 44.9 Å². The lowest BCUT2D eigenvalue weighted by Gasteiger charge is -2.52. The van der Waals surface area contributed by atoms with Gasteiger partial charge in [0.2, 0.25) is 0 Å². The van der Waals surface area contributed by atoms with Crippen molar-refractivity contribution in [2.24, 2.45) is 0 Å². The lowest BCUT2D eigenvalue weighted by Crippen LogP contribution is -2.76. The molecule has 1 spiro atoms. The van der Waals surface area contributed by atoms with Crippen molar-refractivity contribution >= 4 is 56.1 Å². The van der Waals surface area contributed by atoms with E-state index in [0.717, 1.165) is 0 Å². The standard InChI is InChI=1S/C47H33N5/c1-45(2)28-14-6-9-17-33(28)48-37-24-23-27-26-13-5-8-16-32(26)49-38-21-11-19-35-36-20-12-22-39-50-34-18-10-7-15-29(34)46(3,4)31-25-30(45)43(48)41(44(31)50)47(51(35)38,52(36)39)40(37)42(27)49/h5-25H,1-4H3/q+2. The van der Waals surface area contributed by atoms with Gasteiger partial charge >= 0.3 is 5.66 Å². The first-order chi connectivity index (χ1) is 25.4. The fraction of sp³-hybridized carbons (Fsp3) is 0.149. The summed E-state index contributed by atoms with van der Waals surface area (Å²) in [6.45, 7) is 9.78. The van der Waals surface area contributed by atoms with Gasteiger partial charge in [-0.2, -0.15) is 18.6 Å². The molecule has 14 rings (SSSR count). The highest BCUT2D eigenvalue weighted by Crippen LogP contribution is 2.68. The van der Waals surface area contributed by atoms with Crippen LogP contribution in [0.5, 0.6) is 0 Å². The molecule has 0 fully saturated rings. The maximum Gasteiger partial charge on any atom is 0.319 e. The molecule has 0 saturated heterocycles. The van der Waals surface area contributed by atoms with Crippen LogP contribution in [0.2, 0.25) is 0 Å². The van der Waals surface area contributed by atoms with Crippen LogP contribution in [0.3, 0.4) is 0 Å². The van der Waals surface area contributed by atoms with E-state index >= 15 is 0 Å². The Hall–Kier alpha value is -6.20. The molecule has 6 aliphatic rings. The van der Waals surface area contributed by atoms with Gasteiger partial charge in [0.25, 0.3) is 11.6 Å². The predicted octanol–water partition coefficient (Wildman–Crippen LogP) is 9.80. The van der Waals surface area contributed by atoms with E-state index in [1.165, 1.54) is 107 Å². The van der Waals surface area contributed by atoms with Crippen molar-refractivity contribution in [2.45, 2.75) is 44.2 Å². The van der Waals surface area contributed by atoms with E-state index in [1.807, 2.05) is 0 Å². The van der Waals surface area contributed by atoms with Crippen molar-refractivity contribution < 1.29 is 9.13 Å². The Morgan fingerprint density at radius 1 is 0.462 bits per heavy atom. The third-order valence-electron chi connectivity index (χ3n) is 13.8. The number of hydrogen-bond donors (Lipinski definition) is 0. The summed E-state index contributed by atoms with van der Waals surface area (Å²) in [6.07, 6.45) is 0. The van der Waals surface area contributed by atoms with E-state index in [0.29, 0.717) is 0 Å². The molecule has 5 heteroatoms. The van der Waals surface area contributed by atoms with Crippen LogP contribution in [0.15, 0.2) is 127 Å². The molecular weight excluding hydrogens is 635 g/mol. The number of nitrogens with zero attached hydrogens (tertiary/aromatic N) is 5. The van der Waals surface area contributed by atoms with Gasteiger partial charge in [-0.05, 0) is 77.9 Å². The minimum atomic E-state index is -0.649. The molecule has 0 saturated carbocycles. The van der Waals surface area contributed by atoms with Crippen LogP contribution in [0.25, 0.3) is 39.0 Å². The maximum absolute atomic E-state index is 2.72. The van der Waals surface area contributed by atoms with Gasteiger partial charge in [-0.1, -0.05) is 76.2 Å². The number of aromatic nitrogens is 3. The Balaban J connectivity index is 1.33. The highest BCUT2D eigenvalue weighted by Gasteiger charge is 2.72. The Labute approximate surface area is 300 Å². The lowest BCUT2D eigenvalue weighted by atomic mass is 9.63. The van der Waals surface area contributed by atoms with Crippen molar-refractivity contribution in [2.75, 3.05) is 9.80 Å². The maximum atomic E-state index is 2.72. The molecule has 0 bridgehead atoms. The van der Waals surface area contributed by atoms with Crippen LogP contribution in [-0.2, 0) is 16.5 Å². The van der Waals surface area contributed by atoms with Crippen molar-refractivity contribution in [1.82, 2.24) is 4.57 Å². The minimum absolute atomic E-state index is 0.232. The van der Waals surface area contributed by atoms with E-state index in [-0.39, 0.29) is 10.8 Å². The third-order valence-corrected chi connectivity index (χ3v) is 13.8. The summed E-state index contributed by atoms with van der Waals surface area (Å²) in [5.74, 6) is 2.42. The average Bonchev–Trinajstić information content (AvgIpc) is 3.67. The van der Waals surface area contributed by atoms with Crippen molar-refractivity contribution in [3.63, 3.8) is 0 Å². The summed E-state index contributed by atoms with van der Waals surface area (Å²) in [5, 5.41) is 2.60. The van der Waals surface area contributed by atoms with Crippen molar-refractivity contribution in [3.8, 4) is 17.2 Å². The predicted molar refractivity (Wildman–Crippen MR) is 205 cm³/mol. The highest BCUT2D eigenvalue weighted by molar-refractivity contribution is 6.14. The van der Waals surface area contributed by atoms with E-state index in [1.54, 1.807) is 0 Å². The van der Waals surface area contributed by atoms with E-state index in [9.17, 15) is 0 Å². The number of anilines is 6. The minimum Gasteiger partial charge on any atom is -0.308 e. The molecule has 3 aromatic heterocycles. The normalized spacial score (nSPS) is 19.8. The number of hydrogen-bond acceptors (Lipinski definition) is 2. The van der Waals surface area contributed by atoms with Crippen molar-refractivity contribution in [3.05, 3.63) is 161 Å². The van der Waals surface area contributed by atoms with Gasteiger partial charge in [0.1, 0.15) is 22.3 Å². The Morgan fingerprint density at radius 2 is 1.06 bits per heavy atom. The third kappa shape index (κ3) is 2.38. The average molecular weight is 668 g/mol. The molecule has 0 radical (unpaired) electrons. The fourth-order valence-electron chi connectivity index (χ4n) is 11.7. The first kappa shape index (κ1) is 26.6. The largest absolute Gasteiger partial charge is 0.319 e. The van der Waals surface area contributed by atoms with Crippen LogP contribution in [0, 0.1) is 0 Å². The number of para-hydroxylation sites is 3. The van der Waals surface area contributed by atoms with Crippen LogP contribution >= 0.6 is 0 Å².